The molecular weight excluding hydrogens is 450 g/mol. The van der Waals surface area contributed by atoms with E-state index in [2.05, 4.69) is 9.97 Å². The van der Waals surface area contributed by atoms with Crippen LogP contribution in [0.4, 0.5) is 5.82 Å². The van der Waals surface area contributed by atoms with E-state index in [9.17, 15) is 35.4 Å². The fourth-order valence-corrected chi connectivity index (χ4v) is 3.59. The van der Waals surface area contributed by atoms with Crippen LogP contribution in [-0.4, -0.2) is 122 Å². The summed E-state index contributed by atoms with van der Waals surface area (Å²) in [5, 5.41) is 59.9. The minimum Gasteiger partial charge on any atom is -0.394 e. The van der Waals surface area contributed by atoms with Crippen molar-refractivity contribution >= 4 is 5.82 Å². The van der Waals surface area contributed by atoms with Crippen molar-refractivity contribution in [3.05, 3.63) is 22.2 Å². The van der Waals surface area contributed by atoms with Gasteiger partial charge in [-0.3, -0.25) is 0 Å². The molecule has 2 aliphatic rings. The molecule has 0 aromatic carbocycles. The molecule has 188 valence electrons. The molecule has 3 rings (SSSR count). The average molecular weight is 479 g/mol. The van der Waals surface area contributed by atoms with Crippen molar-refractivity contribution in [3.63, 3.8) is 0 Å². The number of H-pyrrole nitrogens is 1. The Labute approximate surface area is 187 Å². The summed E-state index contributed by atoms with van der Waals surface area (Å²) in [6.07, 6.45) is -12.6. The Morgan fingerprint density at radius 3 is 2.27 bits per heavy atom. The van der Waals surface area contributed by atoms with Gasteiger partial charge in [0.1, 0.15) is 54.6 Å². The topological polar surface area (TPSA) is 239 Å². The van der Waals surface area contributed by atoms with Gasteiger partial charge in [0.15, 0.2) is 12.6 Å². The van der Waals surface area contributed by atoms with Crippen molar-refractivity contribution < 1.29 is 54.3 Å². The average Bonchev–Trinajstić information content (AvgIpc) is 2.79. The molecule has 2 fully saturated rings. The number of aliphatic hydroxyl groups is 6. The van der Waals surface area contributed by atoms with Crippen molar-refractivity contribution in [2.45, 2.75) is 68.0 Å². The number of hydrogen-bond donors (Lipinski definition) is 8. The Morgan fingerprint density at radius 1 is 1.00 bits per heavy atom. The van der Waals surface area contributed by atoms with E-state index in [1.54, 1.807) is 0 Å². The Balaban J connectivity index is 1.65. The zero-order valence-corrected chi connectivity index (χ0v) is 17.6. The fourth-order valence-electron chi connectivity index (χ4n) is 3.59. The molecule has 1 aromatic rings. The van der Waals surface area contributed by atoms with Crippen LogP contribution in [-0.2, 0) is 30.3 Å². The van der Waals surface area contributed by atoms with Gasteiger partial charge in [0, 0.05) is 18.9 Å². The number of aromatic amines is 1. The third-order valence-corrected chi connectivity index (χ3v) is 5.51. The Hall–Kier alpha value is -1.76. The molecule has 0 spiro atoms. The molecule has 0 amide bonds. The van der Waals surface area contributed by atoms with Crippen molar-refractivity contribution in [1.29, 1.82) is 0 Å². The summed E-state index contributed by atoms with van der Waals surface area (Å²) in [5.41, 5.74) is 5.32. The van der Waals surface area contributed by atoms with Gasteiger partial charge in [0.2, 0.25) is 0 Å². The number of nitrogen functional groups attached to an aromatic ring is 1. The van der Waals surface area contributed by atoms with Gasteiger partial charge in [-0.1, -0.05) is 0 Å². The molecule has 9 N–H and O–H groups in total. The van der Waals surface area contributed by atoms with Gasteiger partial charge in [-0.05, 0) is 0 Å². The maximum absolute atomic E-state index is 11.2. The minimum atomic E-state index is -1.63. The number of hydrogen-bond acceptors (Lipinski definition) is 14. The number of ether oxygens (including phenoxy) is 5. The van der Waals surface area contributed by atoms with Gasteiger partial charge in [-0.15, -0.1) is 0 Å². The van der Waals surface area contributed by atoms with Gasteiger partial charge in [0.05, 0.1) is 19.8 Å². The molecular formula is C18H29N3O12. The Morgan fingerprint density at radius 2 is 1.64 bits per heavy atom. The summed E-state index contributed by atoms with van der Waals surface area (Å²) in [7, 11) is 1.28. The monoisotopic (exact) mass is 479 g/mol. The number of nitrogens with zero attached hydrogens (tertiary/aromatic N) is 1. The SMILES string of the molecule is COC1C(COC2OC(CO)C(O)C(O)C2O)OC(OCc2c[nH]c(=O)nc2N)C(O)C1O. The molecule has 3 heterocycles. The number of anilines is 1. The summed E-state index contributed by atoms with van der Waals surface area (Å²) in [6.45, 7) is -1.20. The van der Waals surface area contributed by atoms with Gasteiger partial charge in [-0.25, -0.2) is 4.79 Å². The van der Waals surface area contributed by atoms with Crippen LogP contribution in [0.3, 0.4) is 0 Å². The van der Waals surface area contributed by atoms with E-state index < -0.39 is 73.7 Å². The number of nitrogens with two attached hydrogens (primary N) is 1. The number of aliphatic hydroxyl groups excluding tert-OH is 6. The predicted octanol–water partition coefficient (Wildman–Crippen LogP) is -4.85. The first-order valence-corrected chi connectivity index (χ1v) is 10.1. The van der Waals surface area contributed by atoms with Gasteiger partial charge >= 0.3 is 5.69 Å². The fraction of sp³-hybridized carbons (Fsp3) is 0.778. The standard InChI is InChI=1S/C18H29N3O12/c1-29-14-8(5-31-16-12(26)10(24)9(23)7(3-22)32-16)33-17(13(27)11(14)25)30-4-6-2-20-18(28)21-15(6)19/h2,7-14,16-17,22-27H,3-5H2,1H3,(H3,19,20,21,28). The zero-order valence-electron chi connectivity index (χ0n) is 17.6. The first-order valence-electron chi connectivity index (χ1n) is 10.1. The highest BCUT2D eigenvalue weighted by molar-refractivity contribution is 5.35. The highest BCUT2D eigenvalue weighted by Crippen LogP contribution is 2.27. The quantitative estimate of drug-likeness (QED) is 0.174. The smallest absolute Gasteiger partial charge is 0.346 e. The van der Waals surface area contributed by atoms with E-state index in [1.807, 2.05) is 0 Å². The first-order chi connectivity index (χ1) is 15.7. The van der Waals surface area contributed by atoms with Crippen molar-refractivity contribution in [1.82, 2.24) is 9.97 Å². The van der Waals surface area contributed by atoms with Crippen molar-refractivity contribution in [2.75, 3.05) is 26.1 Å². The summed E-state index contributed by atoms with van der Waals surface area (Å²) in [6, 6.07) is 0. The highest BCUT2D eigenvalue weighted by Gasteiger charge is 2.48. The lowest BCUT2D eigenvalue weighted by atomic mass is 9.98. The summed E-state index contributed by atoms with van der Waals surface area (Å²) in [5.74, 6) is -0.0816. The van der Waals surface area contributed by atoms with Gasteiger partial charge in [0.25, 0.3) is 0 Å². The maximum atomic E-state index is 11.2. The van der Waals surface area contributed by atoms with Crippen LogP contribution < -0.4 is 11.4 Å². The van der Waals surface area contributed by atoms with Crippen molar-refractivity contribution in [3.8, 4) is 0 Å². The molecule has 0 saturated carbocycles. The molecule has 0 radical (unpaired) electrons. The summed E-state index contributed by atoms with van der Waals surface area (Å²) >= 11 is 0. The van der Waals surface area contributed by atoms with E-state index in [-0.39, 0.29) is 19.0 Å². The maximum Gasteiger partial charge on any atom is 0.346 e. The zero-order chi connectivity index (χ0) is 24.3. The molecule has 0 aliphatic carbocycles. The Kier molecular flexibility index (Phi) is 8.70. The molecule has 10 unspecified atom stereocenters. The van der Waals surface area contributed by atoms with Crippen LogP contribution in [0.15, 0.2) is 11.0 Å². The lowest BCUT2D eigenvalue weighted by Gasteiger charge is -2.43. The molecule has 33 heavy (non-hydrogen) atoms. The van der Waals surface area contributed by atoms with Crippen LogP contribution >= 0.6 is 0 Å². The van der Waals surface area contributed by atoms with E-state index in [4.69, 9.17) is 29.4 Å². The lowest BCUT2D eigenvalue weighted by Crippen LogP contribution is -2.62. The van der Waals surface area contributed by atoms with E-state index >= 15 is 0 Å². The first kappa shape index (κ1) is 25.9. The molecule has 15 nitrogen and oxygen atoms in total. The third-order valence-electron chi connectivity index (χ3n) is 5.51. The molecule has 15 heteroatoms. The lowest BCUT2D eigenvalue weighted by molar-refractivity contribution is -0.334. The van der Waals surface area contributed by atoms with Crippen LogP contribution in [0.2, 0.25) is 0 Å². The number of nitrogens with one attached hydrogen (secondary N) is 1. The van der Waals surface area contributed by atoms with E-state index in [1.165, 1.54) is 13.3 Å². The highest BCUT2D eigenvalue weighted by atomic mass is 16.7. The van der Waals surface area contributed by atoms with Gasteiger partial charge in [-0.2, -0.15) is 4.98 Å². The molecule has 2 saturated heterocycles. The van der Waals surface area contributed by atoms with Crippen molar-refractivity contribution in [2.24, 2.45) is 0 Å². The second kappa shape index (κ2) is 11.1. The normalized spacial score (nSPS) is 39.5. The second-order valence-electron chi connectivity index (χ2n) is 7.68. The summed E-state index contributed by atoms with van der Waals surface area (Å²) in [4.78, 5) is 17.0. The van der Waals surface area contributed by atoms with Crippen LogP contribution in [0, 0.1) is 0 Å². The van der Waals surface area contributed by atoms with E-state index in [0.717, 1.165) is 0 Å². The number of methoxy groups -OCH3 is 1. The Bertz CT molecular complexity index is 825. The van der Waals surface area contributed by atoms with Crippen LogP contribution in [0.25, 0.3) is 0 Å². The number of aromatic nitrogens is 2. The minimum absolute atomic E-state index is 0.0816. The number of rotatable bonds is 8. The molecule has 1 aromatic heterocycles. The second-order valence-corrected chi connectivity index (χ2v) is 7.68. The summed E-state index contributed by atoms with van der Waals surface area (Å²) < 4.78 is 27.1. The predicted molar refractivity (Wildman–Crippen MR) is 105 cm³/mol. The molecule has 2 aliphatic heterocycles. The largest absolute Gasteiger partial charge is 0.394 e. The van der Waals surface area contributed by atoms with Crippen LogP contribution in [0.1, 0.15) is 5.56 Å². The van der Waals surface area contributed by atoms with Crippen LogP contribution in [0.5, 0.6) is 0 Å². The molecule has 10 atom stereocenters. The van der Waals surface area contributed by atoms with Gasteiger partial charge < -0.3 is 65.0 Å². The third kappa shape index (κ3) is 5.67. The molecule has 0 bridgehead atoms. The van der Waals surface area contributed by atoms with E-state index in [0.29, 0.717) is 5.56 Å².